The van der Waals surface area contributed by atoms with E-state index < -0.39 is 6.36 Å². The van der Waals surface area contributed by atoms with Gasteiger partial charge in [-0.2, -0.15) is 0 Å². The number of rotatable bonds is 1. The maximum Gasteiger partial charge on any atom is 0.573 e. The van der Waals surface area contributed by atoms with Gasteiger partial charge in [-0.25, -0.2) is 0 Å². The third kappa shape index (κ3) is 2.23. The second-order valence-electron chi connectivity index (χ2n) is 2.96. The van der Waals surface area contributed by atoms with Crippen LogP contribution < -0.4 is 4.74 Å². The van der Waals surface area contributed by atoms with Gasteiger partial charge in [-0.1, -0.05) is 0 Å². The van der Waals surface area contributed by atoms with Crippen LogP contribution in [0.3, 0.4) is 0 Å². The first-order valence-electron chi connectivity index (χ1n) is 4.05. The highest BCUT2D eigenvalue weighted by Crippen LogP contribution is 2.30. The molecule has 0 N–H and O–H groups in total. The highest BCUT2D eigenvalue weighted by atomic mass is 32.1. The van der Waals surface area contributed by atoms with E-state index in [1.807, 2.05) is 0 Å². The summed E-state index contributed by atoms with van der Waals surface area (Å²) in [6.07, 6.45) is -4.64. The highest BCUT2D eigenvalue weighted by Gasteiger charge is 2.31. The summed E-state index contributed by atoms with van der Waals surface area (Å²) in [4.78, 5) is 0.837. The first-order valence-corrected chi connectivity index (χ1v) is 4.92. The summed E-state index contributed by atoms with van der Waals surface area (Å²) in [5, 5.41) is 3.32. The summed E-state index contributed by atoms with van der Waals surface area (Å²) >= 11 is 1.40. The van der Waals surface area contributed by atoms with Crippen LogP contribution in [-0.4, -0.2) is 6.36 Å². The number of ether oxygens (including phenoxy) is 1. The van der Waals surface area contributed by atoms with Crippen molar-refractivity contribution in [3.8, 4) is 5.75 Å². The minimum atomic E-state index is -4.64. The lowest BCUT2D eigenvalue weighted by Gasteiger charge is -2.08. The maximum absolute atomic E-state index is 11.9. The zero-order valence-electron chi connectivity index (χ0n) is 7.47. The second-order valence-corrected chi connectivity index (χ2v) is 3.92. The number of thiophene rings is 1. The molecule has 0 atom stereocenters. The van der Waals surface area contributed by atoms with Crippen molar-refractivity contribution in [2.24, 2.45) is 0 Å². The van der Waals surface area contributed by atoms with Crippen LogP contribution in [-0.2, 0) is 0 Å². The van der Waals surface area contributed by atoms with Gasteiger partial charge in [-0.3, -0.25) is 0 Å². The molecule has 0 saturated heterocycles. The van der Waals surface area contributed by atoms with Gasteiger partial charge in [-0.05, 0) is 41.3 Å². The lowest BCUT2D eigenvalue weighted by Crippen LogP contribution is -2.16. The molecule has 1 nitrogen and oxygen atoms in total. The fraction of sp³-hybridized carbons (Fsp3) is 0.100. The Labute approximate surface area is 88.1 Å². The molecular formula is C10H6F3OS. The summed E-state index contributed by atoms with van der Waals surface area (Å²) < 4.78 is 39.5. The molecule has 79 valence electrons. The molecule has 1 heterocycles. The van der Waals surface area contributed by atoms with Crippen LogP contribution in [0.15, 0.2) is 23.6 Å². The molecule has 0 amide bonds. The fourth-order valence-corrected chi connectivity index (χ4v) is 2.06. The predicted molar refractivity (Wildman–Crippen MR) is 53.0 cm³/mol. The number of halogens is 3. The normalized spacial score (nSPS) is 12.0. The van der Waals surface area contributed by atoms with E-state index in [0.29, 0.717) is 5.39 Å². The molecule has 0 aliphatic carbocycles. The molecule has 2 rings (SSSR count). The number of benzene rings is 1. The van der Waals surface area contributed by atoms with Crippen molar-refractivity contribution < 1.29 is 17.9 Å². The van der Waals surface area contributed by atoms with Gasteiger partial charge < -0.3 is 4.74 Å². The van der Waals surface area contributed by atoms with Gasteiger partial charge in [0.2, 0.25) is 0 Å². The molecule has 0 bridgehead atoms. The largest absolute Gasteiger partial charge is 0.573 e. The Morgan fingerprint density at radius 3 is 2.67 bits per heavy atom. The average Bonchev–Trinajstić information content (AvgIpc) is 2.45. The molecule has 2 aromatic rings. The van der Waals surface area contributed by atoms with Crippen LogP contribution in [0.25, 0.3) is 10.8 Å². The zero-order valence-corrected chi connectivity index (χ0v) is 8.28. The molecule has 0 spiro atoms. The average molecular weight is 231 g/mol. The molecule has 0 fully saturated rings. The predicted octanol–water partition coefficient (Wildman–Crippen LogP) is 3.98. The third-order valence-electron chi connectivity index (χ3n) is 1.89. The number of hydrogen-bond donors (Lipinski definition) is 0. The number of fused-ring (bicyclic) bond motifs is 1. The van der Waals surface area contributed by atoms with Gasteiger partial charge in [0.15, 0.2) is 0 Å². The van der Waals surface area contributed by atoms with Crippen molar-refractivity contribution in [1.82, 2.24) is 0 Å². The first-order chi connectivity index (χ1) is 6.96. The van der Waals surface area contributed by atoms with Crippen molar-refractivity contribution in [2.75, 3.05) is 0 Å². The molecule has 5 heteroatoms. The highest BCUT2D eigenvalue weighted by molar-refractivity contribution is 7.11. The maximum atomic E-state index is 11.9. The van der Waals surface area contributed by atoms with Crippen molar-refractivity contribution in [3.63, 3.8) is 0 Å². The van der Waals surface area contributed by atoms with Crippen LogP contribution in [0.2, 0.25) is 0 Å². The summed E-state index contributed by atoms with van der Waals surface area (Å²) in [7, 11) is 0. The molecule has 1 aromatic heterocycles. The smallest absolute Gasteiger partial charge is 0.406 e. The minimum Gasteiger partial charge on any atom is -0.406 e. The van der Waals surface area contributed by atoms with E-state index in [1.54, 1.807) is 11.4 Å². The number of hydrogen-bond acceptors (Lipinski definition) is 2. The quantitative estimate of drug-likeness (QED) is 0.721. The van der Waals surface area contributed by atoms with Crippen molar-refractivity contribution in [2.45, 2.75) is 6.36 Å². The van der Waals surface area contributed by atoms with Gasteiger partial charge >= 0.3 is 6.36 Å². The van der Waals surface area contributed by atoms with E-state index in [1.165, 1.54) is 23.5 Å². The van der Waals surface area contributed by atoms with E-state index in [4.69, 9.17) is 0 Å². The molecule has 0 unspecified atom stereocenters. The van der Waals surface area contributed by atoms with Crippen LogP contribution in [0.5, 0.6) is 5.75 Å². The molecule has 0 saturated carbocycles. The van der Waals surface area contributed by atoms with Gasteiger partial charge in [0.1, 0.15) is 5.75 Å². The summed E-state index contributed by atoms with van der Waals surface area (Å²) in [6, 6.07) is 4.22. The molecular weight excluding hydrogens is 225 g/mol. The molecule has 1 radical (unpaired) electrons. The fourth-order valence-electron chi connectivity index (χ4n) is 1.29. The van der Waals surface area contributed by atoms with Crippen molar-refractivity contribution in [3.05, 3.63) is 35.4 Å². The monoisotopic (exact) mass is 231 g/mol. The van der Waals surface area contributed by atoms with Crippen molar-refractivity contribution in [1.29, 1.82) is 0 Å². The summed E-state index contributed by atoms with van der Waals surface area (Å²) in [5.41, 5.74) is 0. The van der Waals surface area contributed by atoms with E-state index in [0.717, 1.165) is 10.3 Å². The molecule has 0 aliphatic heterocycles. The van der Waals surface area contributed by atoms with Gasteiger partial charge in [0.25, 0.3) is 0 Å². The van der Waals surface area contributed by atoms with E-state index >= 15 is 0 Å². The molecule has 15 heavy (non-hydrogen) atoms. The van der Waals surface area contributed by atoms with Crippen molar-refractivity contribution >= 4 is 22.1 Å². The zero-order chi connectivity index (χ0) is 11.1. The molecule has 1 aromatic carbocycles. The van der Waals surface area contributed by atoms with E-state index in [9.17, 15) is 13.2 Å². The third-order valence-corrected chi connectivity index (χ3v) is 2.76. The summed E-state index contributed by atoms with van der Waals surface area (Å²) in [5.74, 6) is -0.201. The lowest BCUT2D eigenvalue weighted by atomic mass is 10.2. The molecule has 0 aliphatic rings. The Hall–Kier alpha value is -1.23. The Morgan fingerprint density at radius 2 is 2.00 bits per heavy atom. The Kier molecular flexibility index (Phi) is 2.34. The minimum absolute atomic E-state index is 0.201. The van der Waals surface area contributed by atoms with E-state index in [-0.39, 0.29) is 5.75 Å². The number of alkyl halides is 3. The standard InChI is InChI=1S/C10H6F3OS/c1-6-9-3-2-8(14-10(11,12)13)4-7(9)5-15-6/h2-5H,1H2. The lowest BCUT2D eigenvalue weighted by molar-refractivity contribution is -0.274. The van der Waals surface area contributed by atoms with Crippen LogP contribution in [0, 0.1) is 6.92 Å². The first kappa shape index (κ1) is 10.3. The van der Waals surface area contributed by atoms with Gasteiger partial charge in [-0.15, -0.1) is 24.5 Å². The Morgan fingerprint density at radius 1 is 1.27 bits per heavy atom. The van der Waals surface area contributed by atoms with E-state index in [2.05, 4.69) is 11.7 Å². The summed E-state index contributed by atoms with van der Waals surface area (Å²) in [6.45, 7) is 3.77. The second kappa shape index (κ2) is 3.41. The van der Waals surface area contributed by atoms with Gasteiger partial charge in [0.05, 0.1) is 0 Å². The Bertz CT molecular complexity index is 487. The topological polar surface area (TPSA) is 9.23 Å². The van der Waals surface area contributed by atoms with Crippen LogP contribution in [0.1, 0.15) is 4.88 Å². The van der Waals surface area contributed by atoms with Crippen LogP contribution >= 0.6 is 11.3 Å². The SMILES string of the molecule is [CH2]c1scc2cc(OC(F)(F)F)ccc12. The Balaban J connectivity index is 2.39. The van der Waals surface area contributed by atoms with Gasteiger partial charge in [0, 0.05) is 4.88 Å². The van der Waals surface area contributed by atoms with Crippen LogP contribution in [0.4, 0.5) is 13.2 Å².